The number of halogens is 2. The molecule has 0 saturated heterocycles. The Morgan fingerprint density at radius 1 is 1.09 bits per heavy atom. The van der Waals surface area contributed by atoms with E-state index >= 15 is 0 Å². The van der Waals surface area contributed by atoms with Crippen molar-refractivity contribution in [3.8, 4) is 5.75 Å². The minimum absolute atomic E-state index is 0.0385. The summed E-state index contributed by atoms with van der Waals surface area (Å²) < 4.78 is 32.4. The van der Waals surface area contributed by atoms with Gasteiger partial charge in [-0.25, -0.2) is 8.78 Å². The lowest BCUT2D eigenvalue weighted by Crippen LogP contribution is -2.27. The van der Waals surface area contributed by atoms with Gasteiger partial charge in [0, 0.05) is 0 Å². The first-order valence-electron chi connectivity index (χ1n) is 7.39. The first-order chi connectivity index (χ1) is 10.9. The van der Waals surface area contributed by atoms with Crippen molar-refractivity contribution < 1.29 is 18.3 Å². The molecule has 0 radical (unpaired) electrons. The first-order valence-corrected chi connectivity index (χ1v) is 7.39. The lowest BCUT2D eigenvalue weighted by Gasteiger charge is -2.17. The second-order valence-corrected chi connectivity index (χ2v) is 5.56. The second kappa shape index (κ2) is 7.22. The van der Waals surface area contributed by atoms with Crippen LogP contribution >= 0.6 is 0 Å². The van der Waals surface area contributed by atoms with Crippen molar-refractivity contribution in [1.82, 2.24) is 5.32 Å². The zero-order chi connectivity index (χ0) is 17.0. The van der Waals surface area contributed by atoms with Gasteiger partial charge in [0.1, 0.15) is 17.4 Å². The van der Waals surface area contributed by atoms with Crippen LogP contribution in [0.4, 0.5) is 8.78 Å². The molecule has 1 amide bonds. The number of ether oxygens (including phenoxy) is 1. The Kier molecular flexibility index (Phi) is 5.32. The van der Waals surface area contributed by atoms with Crippen LogP contribution in [0.5, 0.6) is 5.75 Å². The van der Waals surface area contributed by atoms with Gasteiger partial charge in [-0.1, -0.05) is 12.1 Å². The van der Waals surface area contributed by atoms with Crippen LogP contribution in [0.2, 0.25) is 0 Å². The van der Waals surface area contributed by atoms with Crippen LogP contribution in [0.3, 0.4) is 0 Å². The highest BCUT2D eigenvalue weighted by Gasteiger charge is 2.16. The summed E-state index contributed by atoms with van der Waals surface area (Å²) in [6.07, 6.45) is 0.0385. The molecule has 1 atom stereocenters. The summed E-state index contributed by atoms with van der Waals surface area (Å²) in [6, 6.07) is 9.71. The van der Waals surface area contributed by atoms with Crippen molar-refractivity contribution in [2.75, 3.05) is 0 Å². The molecule has 0 saturated carbocycles. The van der Waals surface area contributed by atoms with Gasteiger partial charge in [-0.15, -0.1) is 0 Å². The molecule has 0 aliphatic carbocycles. The Morgan fingerprint density at radius 3 is 2.52 bits per heavy atom. The summed E-state index contributed by atoms with van der Waals surface area (Å²) in [5, 5.41) is 2.66. The maximum absolute atomic E-state index is 13.6. The number of carbonyl (C=O) groups is 1. The first kappa shape index (κ1) is 16.9. The molecule has 2 aromatic carbocycles. The van der Waals surface area contributed by atoms with Crippen molar-refractivity contribution in [3.05, 3.63) is 65.2 Å². The van der Waals surface area contributed by atoms with E-state index in [1.54, 1.807) is 6.92 Å². The van der Waals surface area contributed by atoms with Crippen molar-refractivity contribution in [2.24, 2.45) is 0 Å². The number of hydrogen-bond donors (Lipinski definition) is 1. The van der Waals surface area contributed by atoms with Crippen LogP contribution in [0.1, 0.15) is 42.7 Å². The summed E-state index contributed by atoms with van der Waals surface area (Å²) >= 11 is 0. The smallest absolute Gasteiger partial charge is 0.254 e. The molecule has 0 aliphatic rings. The maximum atomic E-state index is 13.6. The number of hydrogen-bond acceptors (Lipinski definition) is 2. The molecule has 1 N–H and O–H groups in total. The van der Waals surface area contributed by atoms with Gasteiger partial charge in [0.05, 0.1) is 17.7 Å². The SMILES string of the molecule is CC(C)Oc1cccc([C@@H](C)NC(=O)c2cc(F)ccc2F)c1. The summed E-state index contributed by atoms with van der Waals surface area (Å²) in [4.78, 5) is 12.1. The van der Waals surface area contributed by atoms with E-state index in [2.05, 4.69) is 5.32 Å². The predicted octanol–water partition coefficient (Wildman–Crippen LogP) is 4.24. The Balaban J connectivity index is 2.13. The van der Waals surface area contributed by atoms with Gasteiger partial charge >= 0.3 is 0 Å². The standard InChI is InChI=1S/C18H19F2NO2/c1-11(2)23-15-6-4-5-13(9-15)12(3)21-18(22)16-10-14(19)7-8-17(16)20/h4-12H,1-3H3,(H,21,22)/t12-/m1/s1. The fourth-order valence-corrected chi connectivity index (χ4v) is 2.16. The van der Waals surface area contributed by atoms with Crippen molar-refractivity contribution in [1.29, 1.82) is 0 Å². The average molecular weight is 319 g/mol. The fraction of sp³-hybridized carbons (Fsp3) is 0.278. The van der Waals surface area contributed by atoms with Crippen molar-refractivity contribution in [2.45, 2.75) is 32.9 Å². The molecule has 0 heterocycles. The van der Waals surface area contributed by atoms with Gasteiger partial charge in [0.15, 0.2) is 0 Å². The van der Waals surface area contributed by atoms with E-state index in [1.807, 2.05) is 38.1 Å². The van der Waals surface area contributed by atoms with E-state index < -0.39 is 17.5 Å². The highest BCUT2D eigenvalue weighted by Crippen LogP contribution is 2.21. The maximum Gasteiger partial charge on any atom is 0.254 e. The van der Waals surface area contributed by atoms with E-state index in [0.29, 0.717) is 5.75 Å². The summed E-state index contributed by atoms with van der Waals surface area (Å²) in [6.45, 7) is 5.61. The normalized spacial score (nSPS) is 12.1. The molecular weight excluding hydrogens is 300 g/mol. The Hall–Kier alpha value is -2.43. The van der Waals surface area contributed by atoms with Gasteiger partial charge in [0.2, 0.25) is 0 Å². The molecule has 0 aliphatic heterocycles. The Labute approximate surface area is 134 Å². The van der Waals surface area contributed by atoms with Gasteiger partial charge in [0.25, 0.3) is 5.91 Å². The average Bonchev–Trinajstić information content (AvgIpc) is 2.49. The largest absolute Gasteiger partial charge is 0.491 e. The zero-order valence-electron chi connectivity index (χ0n) is 13.3. The van der Waals surface area contributed by atoms with E-state index in [1.165, 1.54) is 0 Å². The Bertz CT molecular complexity index is 701. The van der Waals surface area contributed by atoms with Crippen LogP contribution in [-0.2, 0) is 0 Å². The topological polar surface area (TPSA) is 38.3 Å². The van der Waals surface area contributed by atoms with Gasteiger partial charge in [-0.2, -0.15) is 0 Å². The third kappa shape index (κ3) is 4.52. The number of carbonyl (C=O) groups excluding carboxylic acids is 1. The minimum Gasteiger partial charge on any atom is -0.491 e. The molecule has 0 fully saturated rings. The quantitative estimate of drug-likeness (QED) is 0.895. The summed E-state index contributed by atoms with van der Waals surface area (Å²) in [5.41, 5.74) is 0.500. The lowest BCUT2D eigenvalue weighted by molar-refractivity contribution is 0.0935. The van der Waals surface area contributed by atoms with Crippen LogP contribution in [0, 0.1) is 11.6 Å². The van der Waals surface area contributed by atoms with Gasteiger partial charge in [-0.3, -0.25) is 4.79 Å². The van der Waals surface area contributed by atoms with Crippen LogP contribution in [0.25, 0.3) is 0 Å². The molecule has 0 bridgehead atoms. The fourth-order valence-electron chi connectivity index (χ4n) is 2.16. The molecule has 0 spiro atoms. The molecule has 0 aromatic heterocycles. The molecular formula is C18H19F2NO2. The third-order valence-electron chi connectivity index (χ3n) is 3.25. The highest BCUT2D eigenvalue weighted by atomic mass is 19.1. The van der Waals surface area contributed by atoms with E-state index in [0.717, 1.165) is 23.8 Å². The second-order valence-electron chi connectivity index (χ2n) is 5.56. The molecule has 5 heteroatoms. The monoisotopic (exact) mass is 319 g/mol. The lowest BCUT2D eigenvalue weighted by atomic mass is 10.1. The highest BCUT2D eigenvalue weighted by molar-refractivity contribution is 5.94. The third-order valence-corrected chi connectivity index (χ3v) is 3.25. The van der Waals surface area contributed by atoms with Crippen LogP contribution < -0.4 is 10.1 Å². The number of amides is 1. The molecule has 2 aromatic rings. The van der Waals surface area contributed by atoms with E-state index in [4.69, 9.17) is 4.74 Å². The molecule has 23 heavy (non-hydrogen) atoms. The number of nitrogens with one attached hydrogen (secondary N) is 1. The summed E-state index contributed by atoms with van der Waals surface area (Å²) in [7, 11) is 0. The number of rotatable bonds is 5. The minimum atomic E-state index is -0.756. The van der Waals surface area contributed by atoms with Gasteiger partial charge in [-0.05, 0) is 56.7 Å². The van der Waals surface area contributed by atoms with Crippen molar-refractivity contribution in [3.63, 3.8) is 0 Å². The zero-order valence-corrected chi connectivity index (χ0v) is 13.3. The molecule has 3 nitrogen and oxygen atoms in total. The molecule has 2 rings (SSSR count). The van der Waals surface area contributed by atoms with Crippen LogP contribution in [-0.4, -0.2) is 12.0 Å². The van der Waals surface area contributed by atoms with Crippen molar-refractivity contribution >= 4 is 5.91 Å². The van der Waals surface area contributed by atoms with E-state index in [-0.39, 0.29) is 17.7 Å². The van der Waals surface area contributed by atoms with Crippen LogP contribution in [0.15, 0.2) is 42.5 Å². The van der Waals surface area contributed by atoms with E-state index in [9.17, 15) is 13.6 Å². The summed E-state index contributed by atoms with van der Waals surface area (Å²) in [5.74, 6) is -1.38. The molecule has 122 valence electrons. The van der Waals surface area contributed by atoms with Gasteiger partial charge < -0.3 is 10.1 Å². The number of benzene rings is 2. The molecule has 0 unspecified atom stereocenters. The predicted molar refractivity (Wildman–Crippen MR) is 84.4 cm³/mol. The Morgan fingerprint density at radius 2 is 1.83 bits per heavy atom.